The molecule has 0 saturated carbocycles. The zero-order chi connectivity index (χ0) is 22.1. The van der Waals surface area contributed by atoms with E-state index in [9.17, 15) is 14.4 Å². The third-order valence-corrected chi connectivity index (χ3v) is 4.67. The zero-order valence-corrected chi connectivity index (χ0v) is 18.8. The van der Waals surface area contributed by atoms with Crippen molar-refractivity contribution in [1.82, 2.24) is 10.9 Å². The molecule has 3 amide bonds. The molecule has 0 radical (unpaired) electrons. The minimum atomic E-state index is -0.490. The minimum Gasteiger partial charge on any atom is -0.493 e. The van der Waals surface area contributed by atoms with Crippen molar-refractivity contribution in [2.45, 2.75) is 33.6 Å². The quantitative estimate of drug-likeness (QED) is 0.495. The fourth-order valence-electron chi connectivity index (χ4n) is 2.42. The SMILES string of the molecule is CCC(=O)Nc1ccc(C(=O)NNC(=O)c2cc(Br)ccc2OCCC(C)C)cc1. The monoisotopic (exact) mass is 475 g/mol. The molecule has 0 bridgehead atoms. The molecule has 2 rings (SSSR count). The second kappa shape index (κ2) is 11.3. The van der Waals surface area contributed by atoms with Gasteiger partial charge >= 0.3 is 0 Å². The van der Waals surface area contributed by atoms with Crippen molar-refractivity contribution < 1.29 is 19.1 Å². The fraction of sp³-hybridized carbons (Fsp3) is 0.318. The predicted molar refractivity (Wildman–Crippen MR) is 119 cm³/mol. The van der Waals surface area contributed by atoms with Gasteiger partial charge in [-0.25, -0.2) is 0 Å². The molecular weight excluding hydrogens is 450 g/mol. The van der Waals surface area contributed by atoms with E-state index in [2.05, 4.69) is 45.9 Å². The van der Waals surface area contributed by atoms with Gasteiger partial charge in [0, 0.05) is 22.1 Å². The van der Waals surface area contributed by atoms with Gasteiger partial charge in [0.2, 0.25) is 5.91 Å². The Morgan fingerprint density at radius 3 is 2.30 bits per heavy atom. The first kappa shape index (κ1) is 23.4. The first-order valence-electron chi connectivity index (χ1n) is 9.73. The molecule has 2 aromatic rings. The van der Waals surface area contributed by atoms with Gasteiger partial charge in [0.15, 0.2) is 0 Å². The summed E-state index contributed by atoms with van der Waals surface area (Å²) in [5, 5.41) is 2.71. The number of benzene rings is 2. The number of hydrazine groups is 1. The van der Waals surface area contributed by atoms with E-state index in [4.69, 9.17) is 4.74 Å². The van der Waals surface area contributed by atoms with Crippen LogP contribution in [0.1, 0.15) is 54.3 Å². The van der Waals surface area contributed by atoms with Gasteiger partial charge in [0.25, 0.3) is 11.8 Å². The summed E-state index contributed by atoms with van der Waals surface area (Å²) in [7, 11) is 0. The van der Waals surface area contributed by atoms with Crippen LogP contribution in [0.5, 0.6) is 5.75 Å². The summed E-state index contributed by atoms with van der Waals surface area (Å²) in [5.74, 6) is -0.148. The predicted octanol–water partition coefficient (Wildman–Crippen LogP) is 4.30. The Labute approximate surface area is 184 Å². The molecule has 8 heteroatoms. The molecule has 0 aliphatic heterocycles. The van der Waals surface area contributed by atoms with Crippen LogP contribution >= 0.6 is 15.9 Å². The molecular formula is C22H26BrN3O4. The van der Waals surface area contributed by atoms with Gasteiger partial charge < -0.3 is 10.1 Å². The molecule has 0 aliphatic rings. The van der Waals surface area contributed by atoms with Crippen molar-refractivity contribution in [2.24, 2.45) is 5.92 Å². The van der Waals surface area contributed by atoms with Gasteiger partial charge in [-0.3, -0.25) is 25.2 Å². The van der Waals surface area contributed by atoms with Crippen molar-refractivity contribution in [3.8, 4) is 5.75 Å². The summed E-state index contributed by atoms with van der Waals surface area (Å²) >= 11 is 3.35. The molecule has 0 atom stereocenters. The lowest BCUT2D eigenvalue weighted by molar-refractivity contribution is -0.115. The lowest BCUT2D eigenvalue weighted by atomic mass is 10.1. The van der Waals surface area contributed by atoms with E-state index >= 15 is 0 Å². The van der Waals surface area contributed by atoms with Crippen molar-refractivity contribution in [2.75, 3.05) is 11.9 Å². The number of rotatable bonds is 8. The standard InChI is InChI=1S/C22H26BrN3O4/c1-4-20(27)24-17-8-5-15(6-9-17)21(28)25-26-22(29)18-13-16(23)7-10-19(18)30-12-11-14(2)3/h5-10,13-14H,4,11-12H2,1-3H3,(H,24,27)(H,25,28)(H,26,29). The van der Waals surface area contributed by atoms with E-state index in [0.717, 1.165) is 10.9 Å². The lowest BCUT2D eigenvalue weighted by Gasteiger charge is -2.14. The maximum Gasteiger partial charge on any atom is 0.273 e. The first-order valence-corrected chi connectivity index (χ1v) is 10.5. The molecule has 3 N–H and O–H groups in total. The van der Waals surface area contributed by atoms with E-state index in [1.54, 1.807) is 49.4 Å². The zero-order valence-electron chi connectivity index (χ0n) is 17.3. The van der Waals surface area contributed by atoms with E-state index in [-0.39, 0.29) is 5.91 Å². The Bertz CT molecular complexity index is 898. The third-order valence-electron chi connectivity index (χ3n) is 4.18. The maximum atomic E-state index is 12.6. The molecule has 0 unspecified atom stereocenters. The number of anilines is 1. The maximum absolute atomic E-state index is 12.6. The number of nitrogens with one attached hydrogen (secondary N) is 3. The third kappa shape index (κ3) is 7.18. The van der Waals surface area contributed by atoms with Crippen LogP contribution in [0.25, 0.3) is 0 Å². The van der Waals surface area contributed by atoms with Crippen LogP contribution < -0.4 is 20.9 Å². The number of hydrogen-bond donors (Lipinski definition) is 3. The number of ether oxygens (including phenoxy) is 1. The van der Waals surface area contributed by atoms with Crippen LogP contribution in [-0.4, -0.2) is 24.3 Å². The van der Waals surface area contributed by atoms with Crippen LogP contribution in [-0.2, 0) is 4.79 Å². The van der Waals surface area contributed by atoms with E-state index < -0.39 is 11.8 Å². The van der Waals surface area contributed by atoms with Gasteiger partial charge in [-0.05, 0) is 54.8 Å². The van der Waals surface area contributed by atoms with Gasteiger partial charge in [0.1, 0.15) is 5.75 Å². The lowest BCUT2D eigenvalue weighted by Crippen LogP contribution is -2.41. The Balaban J connectivity index is 1.98. The van der Waals surface area contributed by atoms with E-state index in [0.29, 0.717) is 41.5 Å². The van der Waals surface area contributed by atoms with Gasteiger partial charge in [0.05, 0.1) is 12.2 Å². The number of carbonyl (C=O) groups is 3. The highest BCUT2D eigenvalue weighted by molar-refractivity contribution is 9.10. The van der Waals surface area contributed by atoms with Crippen molar-refractivity contribution >= 4 is 39.3 Å². The van der Waals surface area contributed by atoms with E-state index in [1.807, 2.05) is 0 Å². The summed E-state index contributed by atoms with van der Waals surface area (Å²) in [5.41, 5.74) is 6.05. The number of amides is 3. The Morgan fingerprint density at radius 2 is 1.67 bits per heavy atom. The summed E-state index contributed by atoms with van der Waals surface area (Å²) in [6, 6.07) is 11.5. The van der Waals surface area contributed by atoms with Crippen LogP contribution in [0, 0.1) is 5.92 Å². The summed E-state index contributed by atoms with van der Waals surface area (Å²) in [6.45, 7) is 6.44. The number of halogens is 1. The largest absolute Gasteiger partial charge is 0.493 e. The average Bonchev–Trinajstić information content (AvgIpc) is 2.73. The van der Waals surface area contributed by atoms with Crippen molar-refractivity contribution in [1.29, 1.82) is 0 Å². The van der Waals surface area contributed by atoms with Crippen molar-refractivity contribution in [3.63, 3.8) is 0 Å². The van der Waals surface area contributed by atoms with Crippen LogP contribution in [0.15, 0.2) is 46.9 Å². The molecule has 0 aliphatic carbocycles. The van der Waals surface area contributed by atoms with E-state index in [1.165, 1.54) is 0 Å². The molecule has 30 heavy (non-hydrogen) atoms. The molecule has 2 aromatic carbocycles. The van der Waals surface area contributed by atoms with Crippen LogP contribution in [0.3, 0.4) is 0 Å². The Kier molecular flexibility index (Phi) is 8.86. The molecule has 0 spiro atoms. The first-order chi connectivity index (χ1) is 14.3. The highest BCUT2D eigenvalue weighted by Crippen LogP contribution is 2.23. The van der Waals surface area contributed by atoms with Gasteiger partial charge in [-0.1, -0.05) is 36.7 Å². The molecule has 0 heterocycles. The fourth-order valence-corrected chi connectivity index (χ4v) is 2.78. The summed E-state index contributed by atoms with van der Waals surface area (Å²) in [6.07, 6.45) is 1.23. The van der Waals surface area contributed by atoms with Gasteiger partial charge in [-0.15, -0.1) is 0 Å². The molecule has 0 aromatic heterocycles. The smallest absolute Gasteiger partial charge is 0.273 e. The number of hydrogen-bond acceptors (Lipinski definition) is 4. The molecule has 7 nitrogen and oxygen atoms in total. The minimum absolute atomic E-state index is 0.111. The molecule has 160 valence electrons. The second-order valence-corrected chi connectivity index (χ2v) is 7.97. The van der Waals surface area contributed by atoms with Crippen LogP contribution in [0.4, 0.5) is 5.69 Å². The topological polar surface area (TPSA) is 96.5 Å². The van der Waals surface area contributed by atoms with Gasteiger partial charge in [-0.2, -0.15) is 0 Å². The highest BCUT2D eigenvalue weighted by atomic mass is 79.9. The van der Waals surface area contributed by atoms with Crippen molar-refractivity contribution in [3.05, 3.63) is 58.1 Å². The second-order valence-electron chi connectivity index (χ2n) is 7.06. The van der Waals surface area contributed by atoms with Crippen LogP contribution in [0.2, 0.25) is 0 Å². The average molecular weight is 476 g/mol. The summed E-state index contributed by atoms with van der Waals surface area (Å²) < 4.78 is 6.46. The highest BCUT2D eigenvalue weighted by Gasteiger charge is 2.15. The number of carbonyl (C=O) groups excluding carboxylic acids is 3. The molecule has 0 saturated heterocycles. The summed E-state index contributed by atoms with van der Waals surface area (Å²) in [4.78, 5) is 36.3. The Hall–Kier alpha value is -2.87. The molecule has 0 fully saturated rings. The normalized spacial score (nSPS) is 10.4. The Morgan fingerprint density at radius 1 is 1.00 bits per heavy atom.